The number of rotatable bonds is 8. The Labute approximate surface area is 206 Å². The van der Waals surface area contributed by atoms with Crippen molar-refractivity contribution in [1.82, 2.24) is 4.90 Å². The van der Waals surface area contributed by atoms with Crippen LogP contribution in [0.2, 0.25) is 5.02 Å². The van der Waals surface area contributed by atoms with Crippen LogP contribution in [0.3, 0.4) is 0 Å². The SMILES string of the molecule is C1CCCC1.Cc1ccc(NC(=O)O)c(OCC(O)CN2CCC(Oc3ccc(Cl)cc3)C2)c1. The summed E-state index contributed by atoms with van der Waals surface area (Å²) in [6, 6.07) is 12.5. The maximum absolute atomic E-state index is 10.9. The Bertz CT molecular complexity index is 897. The molecule has 7 nitrogen and oxygen atoms in total. The van der Waals surface area contributed by atoms with Gasteiger partial charge in [0.05, 0.1) is 5.69 Å². The summed E-state index contributed by atoms with van der Waals surface area (Å²) in [5.41, 5.74) is 1.29. The minimum absolute atomic E-state index is 0.0624. The summed E-state index contributed by atoms with van der Waals surface area (Å²) in [5.74, 6) is 1.18. The summed E-state index contributed by atoms with van der Waals surface area (Å²) >= 11 is 5.89. The zero-order chi connectivity index (χ0) is 24.3. The molecule has 1 heterocycles. The predicted molar refractivity (Wildman–Crippen MR) is 134 cm³/mol. The van der Waals surface area contributed by atoms with Gasteiger partial charge in [-0.05, 0) is 55.3 Å². The number of likely N-dealkylation sites (tertiary alicyclic amines) is 1. The second-order valence-corrected chi connectivity index (χ2v) is 9.34. The molecule has 2 unspecified atom stereocenters. The van der Waals surface area contributed by atoms with Crippen LogP contribution in [0, 0.1) is 6.92 Å². The monoisotopic (exact) mass is 490 g/mol. The molecule has 2 aromatic rings. The van der Waals surface area contributed by atoms with Crippen molar-refractivity contribution in [3.63, 3.8) is 0 Å². The fourth-order valence-corrected chi connectivity index (χ4v) is 4.28. The third kappa shape index (κ3) is 9.05. The van der Waals surface area contributed by atoms with Crippen molar-refractivity contribution in [2.24, 2.45) is 0 Å². The fourth-order valence-electron chi connectivity index (χ4n) is 4.15. The van der Waals surface area contributed by atoms with Gasteiger partial charge in [0, 0.05) is 24.7 Å². The number of anilines is 1. The normalized spacial score (nSPS) is 18.6. The number of β-amino-alcohol motifs (C(OH)–C–C–N with tert-alkyl or cyclic N) is 1. The zero-order valence-electron chi connectivity index (χ0n) is 19.7. The van der Waals surface area contributed by atoms with E-state index in [2.05, 4.69) is 10.2 Å². The van der Waals surface area contributed by atoms with Crippen LogP contribution in [0.5, 0.6) is 11.5 Å². The minimum atomic E-state index is -1.16. The summed E-state index contributed by atoms with van der Waals surface area (Å²) in [7, 11) is 0. The molecule has 34 heavy (non-hydrogen) atoms. The van der Waals surface area contributed by atoms with E-state index in [-0.39, 0.29) is 12.7 Å². The number of aliphatic hydroxyl groups excluding tert-OH is 1. The number of benzene rings is 2. The van der Waals surface area contributed by atoms with E-state index in [0.29, 0.717) is 23.0 Å². The van der Waals surface area contributed by atoms with Crippen LogP contribution in [-0.2, 0) is 0 Å². The first kappa shape index (κ1) is 26.1. The molecule has 4 rings (SSSR count). The lowest BCUT2D eigenvalue weighted by atomic mass is 10.2. The van der Waals surface area contributed by atoms with Crippen molar-refractivity contribution in [3.8, 4) is 11.5 Å². The zero-order valence-corrected chi connectivity index (χ0v) is 20.5. The van der Waals surface area contributed by atoms with Crippen LogP contribution < -0.4 is 14.8 Å². The van der Waals surface area contributed by atoms with E-state index in [1.54, 1.807) is 30.3 Å². The van der Waals surface area contributed by atoms with Crippen molar-refractivity contribution in [1.29, 1.82) is 0 Å². The first-order valence-electron chi connectivity index (χ1n) is 11.9. The van der Waals surface area contributed by atoms with E-state index in [4.69, 9.17) is 26.2 Å². The van der Waals surface area contributed by atoms with E-state index in [9.17, 15) is 9.90 Å². The summed E-state index contributed by atoms with van der Waals surface area (Å²) in [6.45, 7) is 3.95. The Kier molecular flexibility index (Phi) is 10.3. The maximum Gasteiger partial charge on any atom is 0.409 e. The standard InChI is InChI=1S/C21H25ClN2O5.C5H10/c1-14-2-7-19(23-21(26)27)20(10-14)28-13-16(25)11-24-9-8-18(12-24)29-17-5-3-15(22)4-6-17;1-2-4-5-3-1/h2-7,10,16,18,23,25H,8-9,11-13H2,1H3,(H,26,27);1-5H2. The molecule has 2 aliphatic rings. The molecule has 1 amide bonds. The number of aryl methyl sites for hydroxylation is 1. The van der Waals surface area contributed by atoms with Gasteiger partial charge in [0.25, 0.3) is 0 Å². The van der Waals surface area contributed by atoms with Crippen molar-refractivity contribution in [3.05, 3.63) is 53.1 Å². The van der Waals surface area contributed by atoms with Gasteiger partial charge in [0.1, 0.15) is 30.3 Å². The summed E-state index contributed by atoms with van der Waals surface area (Å²) in [5, 5.41) is 22.3. The number of hydrogen-bond donors (Lipinski definition) is 3. The Morgan fingerprint density at radius 1 is 1.15 bits per heavy atom. The fraction of sp³-hybridized carbons (Fsp3) is 0.500. The van der Waals surface area contributed by atoms with Gasteiger partial charge in [-0.3, -0.25) is 10.2 Å². The molecule has 1 saturated carbocycles. The quantitative estimate of drug-likeness (QED) is 0.447. The average Bonchev–Trinajstić information content (AvgIpc) is 3.51. The lowest BCUT2D eigenvalue weighted by molar-refractivity contribution is 0.0722. The van der Waals surface area contributed by atoms with Crippen LogP contribution in [0.25, 0.3) is 0 Å². The molecule has 186 valence electrons. The predicted octanol–water partition coefficient (Wildman–Crippen LogP) is 5.58. The molecule has 0 radical (unpaired) electrons. The molecule has 0 aromatic heterocycles. The highest BCUT2D eigenvalue weighted by atomic mass is 35.5. The molecule has 1 aliphatic heterocycles. The number of carbonyl (C=O) groups is 1. The largest absolute Gasteiger partial charge is 0.489 e. The number of amides is 1. The summed E-state index contributed by atoms with van der Waals surface area (Å²) in [4.78, 5) is 13.0. The highest BCUT2D eigenvalue weighted by Gasteiger charge is 2.26. The van der Waals surface area contributed by atoms with Gasteiger partial charge >= 0.3 is 6.09 Å². The van der Waals surface area contributed by atoms with Gasteiger partial charge in [0.2, 0.25) is 0 Å². The topological polar surface area (TPSA) is 91.3 Å². The molecule has 2 atom stereocenters. The third-order valence-corrected chi connectivity index (χ3v) is 6.13. The second kappa shape index (κ2) is 13.4. The summed E-state index contributed by atoms with van der Waals surface area (Å²) in [6.07, 6.45) is 6.57. The molecule has 8 heteroatoms. The van der Waals surface area contributed by atoms with E-state index in [1.807, 2.05) is 19.1 Å². The number of nitrogens with one attached hydrogen (secondary N) is 1. The van der Waals surface area contributed by atoms with E-state index < -0.39 is 12.2 Å². The van der Waals surface area contributed by atoms with E-state index in [0.717, 1.165) is 30.8 Å². The maximum atomic E-state index is 10.9. The van der Waals surface area contributed by atoms with Crippen molar-refractivity contribution in [2.45, 2.75) is 57.7 Å². The number of aliphatic hydroxyl groups is 1. The Hall–Kier alpha value is -2.48. The molecule has 1 aliphatic carbocycles. The van der Waals surface area contributed by atoms with Gasteiger partial charge < -0.3 is 19.7 Å². The van der Waals surface area contributed by atoms with Crippen LogP contribution in [0.1, 0.15) is 44.1 Å². The first-order chi connectivity index (χ1) is 16.4. The van der Waals surface area contributed by atoms with Gasteiger partial charge in [-0.2, -0.15) is 0 Å². The van der Waals surface area contributed by atoms with Crippen molar-refractivity contribution < 1.29 is 24.5 Å². The van der Waals surface area contributed by atoms with Gasteiger partial charge in [-0.1, -0.05) is 49.8 Å². The van der Waals surface area contributed by atoms with Crippen LogP contribution >= 0.6 is 11.6 Å². The molecule has 3 N–H and O–H groups in total. The van der Waals surface area contributed by atoms with Crippen molar-refractivity contribution in [2.75, 3.05) is 31.6 Å². The molecule has 2 fully saturated rings. The smallest absolute Gasteiger partial charge is 0.409 e. The lowest BCUT2D eigenvalue weighted by Gasteiger charge is -2.21. The van der Waals surface area contributed by atoms with Crippen molar-refractivity contribution >= 4 is 23.4 Å². The number of carboxylic acid groups (broad SMARTS) is 1. The molecular weight excluding hydrogens is 456 g/mol. The average molecular weight is 491 g/mol. The minimum Gasteiger partial charge on any atom is -0.489 e. The Morgan fingerprint density at radius 3 is 2.47 bits per heavy atom. The summed E-state index contributed by atoms with van der Waals surface area (Å²) < 4.78 is 11.6. The second-order valence-electron chi connectivity index (χ2n) is 8.90. The van der Waals surface area contributed by atoms with E-state index in [1.165, 1.54) is 32.1 Å². The van der Waals surface area contributed by atoms with E-state index >= 15 is 0 Å². The highest BCUT2D eigenvalue weighted by Crippen LogP contribution is 2.26. The first-order valence-corrected chi connectivity index (χ1v) is 12.3. The number of hydrogen-bond acceptors (Lipinski definition) is 5. The lowest BCUT2D eigenvalue weighted by Crippen LogP contribution is -2.35. The molecule has 1 saturated heterocycles. The molecule has 2 aromatic carbocycles. The van der Waals surface area contributed by atoms with Gasteiger partial charge in [-0.25, -0.2) is 4.79 Å². The molecule has 0 spiro atoms. The number of halogens is 1. The number of ether oxygens (including phenoxy) is 2. The van der Waals surface area contributed by atoms with Crippen LogP contribution in [-0.4, -0.2) is 59.7 Å². The molecular formula is C26H35ClN2O5. The Morgan fingerprint density at radius 2 is 1.82 bits per heavy atom. The highest BCUT2D eigenvalue weighted by molar-refractivity contribution is 6.30. The van der Waals surface area contributed by atoms with Crippen LogP contribution in [0.4, 0.5) is 10.5 Å². The third-order valence-electron chi connectivity index (χ3n) is 5.87. The number of nitrogens with zero attached hydrogens (tertiary/aromatic N) is 1. The van der Waals surface area contributed by atoms with Gasteiger partial charge in [-0.15, -0.1) is 0 Å². The van der Waals surface area contributed by atoms with Crippen LogP contribution in [0.15, 0.2) is 42.5 Å². The molecule has 0 bridgehead atoms. The Balaban J connectivity index is 0.000000574. The van der Waals surface area contributed by atoms with Gasteiger partial charge in [0.15, 0.2) is 0 Å².